The van der Waals surface area contributed by atoms with Gasteiger partial charge in [0.05, 0.1) is 31.9 Å². The molecule has 0 aliphatic carbocycles. The number of rotatable bonds is 55. The van der Waals surface area contributed by atoms with E-state index in [4.69, 9.17) is 23.7 Å². The van der Waals surface area contributed by atoms with Crippen LogP contribution in [-0.4, -0.2) is 89.9 Å². The summed E-state index contributed by atoms with van der Waals surface area (Å²) in [6.07, 6.45) is 50.9. The molecule has 0 bridgehead atoms. The minimum Gasteiger partial charge on any atom is -0.475 e. The molecule has 12 nitrogen and oxygen atoms in total. The lowest BCUT2D eigenvalue weighted by atomic mass is 10.0. The van der Waals surface area contributed by atoms with Gasteiger partial charge in [-0.15, -0.1) is 4.37 Å². The summed E-state index contributed by atoms with van der Waals surface area (Å²) < 4.78 is 38.3. The average molecular weight is 1100 g/mol. The second-order valence-electron chi connectivity index (χ2n) is 23.0. The van der Waals surface area contributed by atoms with Crippen LogP contribution in [0.3, 0.4) is 0 Å². The van der Waals surface area contributed by atoms with E-state index in [1.165, 1.54) is 153 Å². The Balaban J connectivity index is 1.58. The molecule has 0 amide bonds. The average Bonchev–Trinajstić information content (AvgIpc) is 3.91. The van der Waals surface area contributed by atoms with Gasteiger partial charge in [-0.3, -0.25) is 23.7 Å². The second kappa shape index (κ2) is 49.9. The molecule has 1 aromatic heterocycles. The maximum absolute atomic E-state index is 13.0. The number of carbonyl (C=O) groups is 4. The number of carbonyl (C=O) groups excluding carboxylic acids is 4. The SMILES string of the molecule is CCCCCCCCCCCCCCCC(=O)OCC(COC(=O)CCCCCCCCCCCCCCC)OC(=O)CCCCCCCCCCCCC(=O)OC[N+]1(C)CCC=C(c2nsnc2OCCCCCC)C1. The third kappa shape index (κ3) is 40.7. The zero-order valence-electron chi connectivity index (χ0n) is 50.1. The van der Waals surface area contributed by atoms with E-state index in [0.29, 0.717) is 43.0 Å². The summed E-state index contributed by atoms with van der Waals surface area (Å²) in [5.74, 6) is -0.423. The Morgan fingerprint density at radius 3 is 1.22 bits per heavy atom. The van der Waals surface area contributed by atoms with Crippen molar-refractivity contribution in [2.45, 2.75) is 316 Å². The molecule has 1 aliphatic rings. The van der Waals surface area contributed by atoms with E-state index in [2.05, 4.69) is 42.6 Å². The molecule has 0 aromatic carbocycles. The minimum absolute atomic E-state index is 0.0965. The molecule has 0 N–H and O–H groups in total. The topological polar surface area (TPSA) is 140 Å². The lowest BCUT2D eigenvalue weighted by molar-refractivity contribution is -0.919. The number of esters is 4. The predicted octanol–water partition coefficient (Wildman–Crippen LogP) is 17.9. The van der Waals surface area contributed by atoms with Gasteiger partial charge in [0.1, 0.15) is 25.5 Å². The van der Waals surface area contributed by atoms with Gasteiger partial charge in [-0.2, -0.15) is 4.37 Å². The smallest absolute Gasteiger partial charge is 0.310 e. The highest BCUT2D eigenvalue weighted by atomic mass is 32.1. The summed E-state index contributed by atoms with van der Waals surface area (Å²) in [5, 5.41) is 0. The van der Waals surface area contributed by atoms with Crippen LogP contribution in [0.2, 0.25) is 0 Å². The zero-order chi connectivity index (χ0) is 55.5. The quantitative estimate of drug-likeness (QED) is 0.0266. The fourth-order valence-electron chi connectivity index (χ4n) is 10.3. The molecule has 1 unspecified atom stereocenters. The summed E-state index contributed by atoms with van der Waals surface area (Å²) in [5.41, 5.74) is 1.96. The van der Waals surface area contributed by atoms with Gasteiger partial charge in [-0.05, 0) is 32.1 Å². The van der Waals surface area contributed by atoms with Crippen molar-refractivity contribution in [1.82, 2.24) is 8.75 Å². The molecule has 0 fully saturated rings. The Bertz CT molecular complexity index is 1580. The number of unbranched alkanes of at least 4 members (excludes halogenated alkanes) is 36. The Morgan fingerprint density at radius 1 is 0.468 bits per heavy atom. The summed E-state index contributed by atoms with van der Waals surface area (Å²) in [6.45, 7) is 9.19. The van der Waals surface area contributed by atoms with Crippen LogP contribution in [0.15, 0.2) is 6.08 Å². The van der Waals surface area contributed by atoms with Crippen LogP contribution in [0.5, 0.6) is 5.88 Å². The Kier molecular flexibility index (Phi) is 45.4. The van der Waals surface area contributed by atoms with Crippen molar-refractivity contribution in [2.75, 3.05) is 46.7 Å². The lowest BCUT2D eigenvalue weighted by Crippen LogP contribution is -2.49. The maximum atomic E-state index is 13.0. The Hall–Kier alpha value is -3.06. The zero-order valence-corrected chi connectivity index (χ0v) is 51.0. The molecule has 2 rings (SSSR count). The van der Waals surface area contributed by atoms with Gasteiger partial charge >= 0.3 is 23.9 Å². The van der Waals surface area contributed by atoms with Gasteiger partial charge in [-0.1, -0.05) is 252 Å². The normalized spacial score (nSPS) is 14.4. The number of hydrogen-bond acceptors (Lipinski definition) is 12. The molecule has 446 valence electrons. The highest BCUT2D eigenvalue weighted by Crippen LogP contribution is 2.30. The van der Waals surface area contributed by atoms with Crippen molar-refractivity contribution < 1.29 is 47.3 Å². The van der Waals surface area contributed by atoms with Gasteiger partial charge < -0.3 is 23.7 Å². The first-order valence-electron chi connectivity index (χ1n) is 32.3. The summed E-state index contributed by atoms with van der Waals surface area (Å²) in [7, 11) is 2.14. The van der Waals surface area contributed by atoms with Crippen LogP contribution in [-0.2, 0) is 38.1 Å². The van der Waals surface area contributed by atoms with Crippen LogP contribution in [0.25, 0.3) is 5.57 Å². The van der Waals surface area contributed by atoms with Gasteiger partial charge in [0.15, 0.2) is 6.10 Å². The summed E-state index contributed by atoms with van der Waals surface area (Å²) >= 11 is 1.19. The van der Waals surface area contributed by atoms with Gasteiger partial charge in [-0.25, -0.2) is 0 Å². The monoisotopic (exact) mass is 1100 g/mol. The largest absolute Gasteiger partial charge is 0.475 e. The van der Waals surface area contributed by atoms with Crippen LogP contribution >= 0.6 is 11.7 Å². The van der Waals surface area contributed by atoms with Crippen LogP contribution < -0.4 is 4.74 Å². The minimum atomic E-state index is -0.804. The Morgan fingerprint density at radius 2 is 0.818 bits per heavy atom. The van der Waals surface area contributed by atoms with E-state index >= 15 is 0 Å². The molecular weight excluding hydrogens is 987 g/mol. The molecule has 0 radical (unpaired) electrons. The highest BCUT2D eigenvalue weighted by Gasteiger charge is 2.31. The number of ether oxygens (including phenoxy) is 5. The van der Waals surface area contributed by atoms with E-state index in [0.717, 1.165) is 146 Å². The van der Waals surface area contributed by atoms with E-state index in [-0.39, 0.29) is 43.5 Å². The first-order chi connectivity index (χ1) is 37.7. The number of quaternary nitrogens is 1. The number of hydrogen-bond donors (Lipinski definition) is 0. The van der Waals surface area contributed by atoms with Crippen molar-refractivity contribution in [3.05, 3.63) is 11.8 Å². The van der Waals surface area contributed by atoms with Gasteiger partial charge in [0.25, 0.3) is 5.88 Å². The third-order valence-electron chi connectivity index (χ3n) is 15.3. The van der Waals surface area contributed by atoms with Crippen LogP contribution in [0.1, 0.15) is 315 Å². The molecule has 1 aliphatic heterocycles. The molecule has 77 heavy (non-hydrogen) atoms. The molecular formula is C64H116N3O9S+. The Labute approximate surface area is 475 Å². The molecule has 1 aromatic rings. The van der Waals surface area contributed by atoms with E-state index in [1.807, 2.05) is 0 Å². The van der Waals surface area contributed by atoms with Crippen molar-refractivity contribution in [3.63, 3.8) is 0 Å². The van der Waals surface area contributed by atoms with E-state index in [9.17, 15) is 19.2 Å². The standard InChI is InChI=1S/C64H116N3O9S/c1-5-8-11-14-16-18-20-22-24-28-32-36-40-47-59(68)73-54-58(55-74-60(69)48-41-37-33-29-25-23-21-19-17-15-12-9-6-2)76-62(71)50-43-39-35-31-27-26-30-34-38-42-49-61(70)75-56-67(4)51-45-46-57(53-67)63-64(66-77-65-63)72-52-44-13-10-7-3/h46,58H,5-45,47-56H2,1-4H3/q+1. The van der Waals surface area contributed by atoms with Crippen molar-refractivity contribution in [2.24, 2.45) is 0 Å². The number of likely N-dealkylation sites (N-methyl/N-ethyl adjacent to an activating group) is 1. The van der Waals surface area contributed by atoms with Crippen molar-refractivity contribution in [3.8, 4) is 5.88 Å². The molecule has 2 heterocycles. The van der Waals surface area contributed by atoms with Crippen molar-refractivity contribution in [1.29, 1.82) is 0 Å². The fourth-order valence-corrected chi connectivity index (χ4v) is 10.8. The molecule has 0 saturated carbocycles. The lowest BCUT2D eigenvalue weighted by Gasteiger charge is -2.36. The van der Waals surface area contributed by atoms with Gasteiger partial charge in [0.2, 0.25) is 6.73 Å². The third-order valence-corrected chi connectivity index (χ3v) is 15.8. The summed E-state index contributed by atoms with van der Waals surface area (Å²) in [4.78, 5) is 51.0. The first kappa shape index (κ1) is 70.0. The van der Waals surface area contributed by atoms with Crippen LogP contribution in [0, 0.1) is 0 Å². The van der Waals surface area contributed by atoms with E-state index < -0.39 is 6.10 Å². The maximum Gasteiger partial charge on any atom is 0.310 e. The van der Waals surface area contributed by atoms with E-state index in [1.54, 1.807) is 0 Å². The number of nitrogens with zero attached hydrogens (tertiary/aromatic N) is 3. The molecule has 0 saturated heterocycles. The first-order valence-corrected chi connectivity index (χ1v) is 33.1. The second-order valence-corrected chi connectivity index (χ2v) is 23.5. The fraction of sp³-hybridized carbons (Fsp3) is 0.875. The summed E-state index contributed by atoms with van der Waals surface area (Å²) in [6, 6.07) is 0. The molecule has 13 heteroatoms. The van der Waals surface area contributed by atoms with Crippen LogP contribution in [0.4, 0.5) is 0 Å². The molecule has 1 atom stereocenters. The highest BCUT2D eigenvalue weighted by molar-refractivity contribution is 6.99. The van der Waals surface area contributed by atoms with Crippen molar-refractivity contribution >= 4 is 41.2 Å². The molecule has 0 spiro atoms. The predicted molar refractivity (Wildman–Crippen MR) is 317 cm³/mol. The van der Waals surface area contributed by atoms with Gasteiger partial charge in [0, 0.05) is 37.7 Å². The number of aromatic nitrogens is 2.